The van der Waals surface area contributed by atoms with E-state index in [9.17, 15) is 13.2 Å². The van der Waals surface area contributed by atoms with Gasteiger partial charge in [0.05, 0.1) is 12.1 Å². The molecule has 2 aromatic rings. The highest BCUT2D eigenvalue weighted by molar-refractivity contribution is 14.0. The van der Waals surface area contributed by atoms with Crippen LogP contribution < -0.4 is 11.1 Å². The summed E-state index contributed by atoms with van der Waals surface area (Å²) in [7, 11) is 0. The average molecular weight is 494 g/mol. The predicted molar refractivity (Wildman–Crippen MR) is 107 cm³/mol. The van der Waals surface area contributed by atoms with Gasteiger partial charge in [-0.1, -0.05) is 12.1 Å². The Bertz CT molecular complexity index is 802. The van der Waals surface area contributed by atoms with Crippen molar-refractivity contribution >= 4 is 29.9 Å². The van der Waals surface area contributed by atoms with Crippen LogP contribution in [-0.4, -0.2) is 27.3 Å². The Morgan fingerprint density at radius 1 is 1.37 bits per heavy atom. The Kier molecular flexibility index (Phi) is 7.06. The van der Waals surface area contributed by atoms with Crippen LogP contribution in [0.4, 0.5) is 13.2 Å². The van der Waals surface area contributed by atoms with E-state index in [4.69, 9.17) is 5.73 Å². The summed E-state index contributed by atoms with van der Waals surface area (Å²) in [5, 5.41) is 11.3. The smallest absolute Gasteiger partial charge is 0.370 e. The maximum atomic E-state index is 12.7. The fraction of sp³-hybridized carbons (Fsp3) is 0.471. The lowest BCUT2D eigenvalue weighted by Crippen LogP contribution is -2.38. The van der Waals surface area contributed by atoms with Crippen molar-refractivity contribution in [1.82, 2.24) is 20.1 Å². The lowest BCUT2D eigenvalue weighted by Gasteiger charge is -2.24. The van der Waals surface area contributed by atoms with E-state index in [0.717, 1.165) is 43.2 Å². The first-order valence-electron chi connectivity index (χ1n) is 8.41. The quantitative estimate of drug-likeness (QED) is 0.389. The van der Waals surface area contributed by atoms with Crippen LogP contribution in [0.25, 0.3) is 0 Å². The number of benzene rings is 1. The van der Waals surface area contributed by atoms with E-state index in [1.807, 2.05) is 6.92 Å². The van der Waals surface area contributed by atoms with E-state index in [1.165, 1.54) is 6.07 Å². The Morgan fingerprint density at radius 2 is 2.15 bits per heavy atom. The minimum Gasteiger partial charge on any atom is -0.370 e. The number of aromatic nitrogens is 3. The molecule has 3 rings (SSSR count). The normalized spacial score (nSPS) is 17.2. The van der Waals surface area contributed by atoms with Crippen LogP contribution in [0, 0.1) is 12.8 Å². The van der Waals surface area contributed by atoms with E-state index < -0.39 is 11.7 Å². The average Bonchev–Trinajstić information content (AvgIpc) is 2.98. The number of rotatable bonds is 4. The Balaban J connectivity index is 0.00000261. The lowest BCUT2D eigenvalue weighted by atomic mass is 9.99. The molecule has 0 fully saturated rings. The van der Waals surface area contributed by atoms with Crippen LogP contribution in [0.5, 0.6) is 0 Å². The van der Waals surface area contributed by atoms with Crippen molar-refractivity contribution in [2.75, 3.05) is 6.54 Å². The van der Waals surface area contributed by atoms with Gasteiger partial charge in [0.2, 0.25) is 0 Å². The lowest BCUT2D eigenvalue weighted by molar-refractivity contribution is -0.137. The third kappa shape index (κ3) is 5.56. The first-order valence-corrected chi connectivity index (χ1v) is 8.41. The molecule has 1 unspecified atom stereocenters. The fourth-order valence-electron chi connectivity index (χ4n) is 3.02. The molecule has 10 heteroatoms. The second-order valence-electron chi connectivity index (χ2n) is 6.46. The van der Waals surface area contributed by atoms with Crippen LogP contribution in [0.2, 0.25) is 0 Å². The highest BCUT2D eigenvalue weighted by Crippen LogP contribution is 2.29. The summed E-state index contributed by atoms with van der Waals surface area (Å²) < 4.78 is 40.3. The third-order valence-corrected chi connectivity index (χ3v) is 4.49. The molecule has 1 aliphatic rings. The van der Waals surface area contributed by atoms with Gasteiger partial charge in [-0.05, 0) is 37.0 Å². The van der Waals surface area contributed by atoms with Gasteiger partial charge in [0.1, 0.15) is 11.6 Å². The van der Waals surface area contributed by atoms with Crippen molar-refractivity contribution in [3.05, 3.63) is 47.0 Å². The number of hydrogen-bond donors (Lipinski definition) is 2. The van der Waals surface area contributed by atoms with E-state index in [2.05, 4.69) is 25.1 Å². The number of nitrogens with one attached hydrogen (secondary N) is 1. The highest BCUT2D eigenvalue weighted by atomic mass is 127. The third-order valence-electron chi connectivity index (χ3n) is 4.49. The second-order valence-corrected chi connectivity index (χ2v) is 6.46. The predicted octanol–water partition coefficient (Wildman–Crippen LogP) is 2.89. The molecule has 2 heterocycles. The summed E-state index contributed by atoms with van der Waals surface area (Å²) in [4.78, 5) is 4.14. The molecule has 1 atom stereocenters. The molecule has 6 nitrogen and oxygen atoms in total. The molecule has 3 N–H and O–H groups in total. The maximum absolute atomic E-state index is 12.7. The van der Waals surface area contributed by atoms with Crippen molar-refractivity contribution in [3.8, 4) is 0 Å². The minimum atomic E-state index is -4.36. The van der Waals surface area contributed by atoms with Crippen molar-refractivity contribution in [1.29, 1.82) is 0 Å². The summed E-state index contributed by atoms with van der Waals surface area (Å²) in [6.07, 6.45) is -2.51. The number of alkyl halides is 3. The summed E-state index contributed by atoms with van der Waals surface area (Å²) in [6.45, 7) is 3.50. The minimum absolute atomic E-state index is 0. The zero-order chi connectivity index (χ0) is 18.7. The van der Waals surface area contributed by atoms with Gasteiger partial charge in [-0.25, -0.2) is 4.99 Å². The van der Waals surface area contributed by atoms with Gasteiger partial charge >= 0.3 is 6.18 Å². The van der Waals surface area contributed by atoms with Gasteiger partial charge in [-0.3, -0.25) is 0 Å². The molecule has 0 bridgehead atoms. The summed E-state index contributed by atoms with van der Waals surface area (Å²) in [5.41, 5.74) is 5.64. The largest absolute Gasteiger partial charge is 0.416 e. The molecule has 0 radical (unpaired) electrons. The van der Waals surface area contributed by atoms with Gasteiger partial charge in [0.15, 0.2) is 5.96 Å². The molecule has 0 spiro atoms. The molecular weight excluding hydrogens is 472 g/mol. The highest BCUT2D eigenvalue weighted by Gasteiger charge is 2.30. The molecule has 1 aromatic carbocycles. The van der Waals surface area contributed by atoms with Gasteiger partial charge in [0.25, 0.3) is 0 Å². The number of halogens is 4. The van der Waals surface area contributed by atoms with Crippen molar-refractivity contribution in [2.24, 2.45) is 16.6 Å². The van der Waals surface area contributed by atoms with E-state index in [1.54, 1.807) is 6.07 Å². The van der Waals surface area contributed by atoms with Crippen LogP contribution in [0.3, 0.4) is 0 Å². The monoisotopic (exact) mass is 494 g/mol. The van der Waals surface area contributed by atoms with Crippen molar-refractivity contribution < 1.29 is 13.2 Å². The van der Waals surface area contributed by atoms with Crippen LogP contribution in [0.15, 0.2) is 29.3 Å². The number of aryl methyl sites for hydroxylation is 2. The standard InChI is InChI=1S/C17H21F3N6.HI/c1-11-24-25-15-6-5-13(10-26(11)15)9-23-16(21)22-8-12-3-2-4-14(7-12)17(18,19)20;/h2-4,7,13H,5-6,8-10H2,1H3,(H3,21,22,23);1H. The van der Waals surface area contributed by atoms with E-state index in [-0.39, 0.29) is 36.5 Å². The SMILES string of the molecule is Cc1nnc2n1CC(CNC(N)=NCc1cccc(C(F)(F)F)c1)CC2.I. The second kappa shape index (κ2) is 8.89. The Labute approximate surface area is 172 Å². The zero-order valence-electron chi connectivity index (χ0n) is 14.8. The van der Waals surface area contributed by atoms with Crippen LogP contribution in [-0.2, 0) is 25.7 Å². The molecule has 0 aliphatic carbocycles. The van der Waals surface area contributed by atoms with Gasteiger partial charge in [-0.15, -0.1) is 34.2 Å². The molecule has 27 heavy (non-hydrogen) atoms. The molecule has 1 aliphatic heterocycles. The Morgan fingerprint density at radius 3 is 2.89 bits per heavy atom. The van der Waals surface area contributed by atoms with Gasteiger partial charge in [0, 0.05) is 19.5 Å². The van der Waals surface area contributed by atoms with Gasteiger partial charge in [-0.2, -0.15) is 13.2 Å². The molecule has 0 saturated carbocycles. The summed E-state index contributed by atoms with van der Waals surface area (Å²) in [5.74, 6) is 2.51. The number of aliphatic imine (C=N–C) groups is 1. The molecular formula is C17H22F3IN6. The summed E-state index contributed by atoms with van der Waals surface area (Å²) in [6, 6.07) is 5.11. The number of nitrogens with two attached hydrogens (primary N) is 1. The topological polar surface area (TPSA) is 81.1 Å². The molecule has 0 amide bonds. The number of fused-ring (bicyclic) bond motifs is 1. The van der Waals surface area contributed by atoms with Crippen LogP contribution >= 0.6 is 24.0 Å². The number of hydrogen-bond acceptors (Lipinski definition) is 3. The fourth-order valence-corrected chi connectivity index (χ4v) is 3.02. The van der Waals surface area contributed by atoms with Crippen LogP contribution in [0.1, 0.15) is 29.2 Å². The van der Waals surface area contributed by atoms with Gasteiger partial charge < -0.3 is 15.6 Å². The molecule has 148 valence electrons. The molecule has 0 saturated heterocycles. The zero-order valence-corrected chi connectivity index (χ0v) is 17.2. The molecule has 1 aromatic heterocycles. The maximum Gasteiger partial charge on any atom is 0.416 e. The van der Waals surface area contributed by atoms with Crippen molar-refractivity contribution in [2.45, 2.75) is 39.0 Å². The van der Waals surface area contributed by atoms with E-state index in [0.29, 0.717) is 18.0 Å². The van der Waals surface area contributed by atoms with Crippen molar-refractivity contribution in [3.63, 3.8) is 0 Å². The first kappa shape index (κ1) is 21.5. The number of nitrogens with zero attached hydrogens (tertiary/aromatic N) is 4. The summed E-state index contributed by atoms with van der Waals surface area (Å²) >= 11 is 0. The number of guanidine groups is 1. The first-order chi connectivity index (χ1) is 12.3. The Hall–Kier alpha value is -1.85. The van der Waals surface area contributed by atoms with E-state index >= 15 is 0 Å².